The molecule has 0 radical (unpaired) electrons. The molecule has 1 aliphatic heterocycles. The number of carbonyl (C=O) groups excluding carboxylic acids is 2. The van der Waals surface area contributed by atoms with Gasteiger partial charge in [0.15, 0.2) is 0 Å². The molecule has 0 spiro atoms. The van der Waals surface area contributed by atoms with Crippen LogP contribution < -0.4 is 10.5 Å². The van der Waals surface area contributed by atoms with Gasteiger partial charge in [-0.2, -0.15) is 8.78 Å². The number of amides is 2. The maximum Gasteiger partial charge on any atom is 0.387 e. The van der Waals surface area contributed by atoms with Crippen molar-refractivity contribution < 1.29 is 23.1 Å². The first-order valence-electron chi connectivity index (χ1n) is 7.27. The van der Waals surface area contributed by atoms with Crippen LogP contribution >= 0.6 is 0 Å². The van der Waals surface area contributed by atoms with Crippen LogP contribution in [0, 0.1) is 5.92 Å². The third kappa shape index (κ3) is 4.77. The van der Waals surface area contributed by atoms with E-state index in [9.17, 15) is 18.4 Å². The van der Waals surface area contributed by atoms with E-state index in [1.807, 2.05) is 0 Å². The minimum absolute atomic E-state index is 0.0130. The van der Waals surface area contributed by atoms with Gasteiger partial charge in [0.25, 0.3) is 0 Å². The average molecular weight is 324 g/mol. The van der Waals surface area contributed by atoms with Crippen LogP contribution in [0.3, 0.4) is 0 Å². The number of likely N-dealkylation sites (tertiary alicyclic amines) is 1. The lowest BCUT2D eigenvalue weighted by Gasteiger charge is -2.29. The number of carbonyl (C=O) groups is 2. The van der Waals surface area contributed by atoms with Crippen LogP contribution in [0.4, 0.5) is 8.78 Å². The number of alkyl halides is 2. The number of hydrogen-bond donors (Lipinski definition) is 1. The van der Waals surface area contributed by atoms with E-state index < -0.39 is 6.61 Å². The summed E-state index contributed by atoms with van der Waals surface area (Å²) in [5.74, 6) is -0.757. The van der Waals surface area contributed by atoms with E-state index >= 15 is 0 Å². The average Bonchev–Trinajstić information content (AvgIpc) is 2.53. The van der Waals surface area contributed by atoms with E-state index in [4.69, 9.17) is 5.73 Å². The van der Waals surface area contributed by atoms with Gasteiger partial charge in [0.05, 0.1) is 0 Å². The lowest BCUT2D eigenvalue weighted by molar-refractivity contribution is -0.130. The van der Waals surface area contributed by atoms with Crippen LogP contribution in [0.5, 0.6) is 5.75 Å². The Kier molecular flexibility index (Phi) is 5.67. The summed E-state index contributed by atoms with van der Waals surface area (Å²) in [6.07, 6.45) is 3.85. The number of para-hydroxylation sites is 1. The van der Waals surface area contributed by atoms with Crippen LogP contribution in [0.25, 0.3) is 6.08 Å². The number of primary amides is 1. The molecule has 1 aromatic carbocycles. The number of piperidine rings is 1. The predicted molar refractivity (Wildman–Crippen MR) is 80.6 cm³/mol. The highest BCUT2D eigenvalue weighted by Gasteiger charge is 2.24. The summed E-state index contributed by atoms with van der Waals surface area (Å²) in [7, 11) is 0. The first kappa shape index (κ1) is 16.9. The highest BCUT2D eigenvalue weighted by molar-refractivity contribution is 5.92. The number of halogens is 2. The van der Waals surface area contributed by atoms with Crippen molar-refractivity contribution in [3.05, 3.63) is 35.9 Å². The van der Waals surface area contributed by atoms with Crippen molar-refractivity contribution in [3.8, 4) is 5.75 Å². The fourth-order valence-electron chi connectivity index (χ4n) is 2.47. The van der Waals surface area contributed by atoms with E-state index in [0.717, 1.165) is 0 Å². The Morgan fingerprint density at radius 2 is 1.91 bits per heavy atom. The summed E-state index contributed by atoms with van der Waals surface area (Å²) in [6, 6.07) is 6.24. The van der Waals surface area contributed by atoms with Gasteiger partial charge in [-0.05, 0) is 25.0 Å². The van der Waals surface area contributed by atoms with E-state index in [2.05, 4.69) is 4.74 Å². The highest BCUT2D eigenvalue weighted by atomic mass is 19.3. The molecule has 0 bridgehead atoms. The van der Waals surface area contributed by atoms with Crippen LogP contribution in [0.2, 0.25) is 0 Å². The van der Waals surface area contributed by atoms with Crippen molar-refractivity contribution in [1.29, 1.82) is 0 Å². The molecule has 2 rings (SSSR count). The second kappa shape index (κ2) is 7.71. The topological polar surface area (TPSA) is 72.6 Å². The minimum atomic E-state index is -2.92. The van der Waals surface area contributed by atoms with Crippen molar-refractivity contribution in [2.75, 3.05) is 13.1 Å². The number of hydrogen-bond acceptors (Lipinski definition) is 3. The van der Waals surface area contributed by atoms with Crippen molar-refractivity contribution in [2.45, 2.75) is 19.5 Å². The summed E-state index contributed by atoms with van der Waals surface area (Å²) in [6.45, 7) is -2.02. The Morgan fingerprint density at radius 3 is 2.52 bits per heavy atom. The molecule has 2 N–H and O–H groups in total. The number of rotatable bonds is 5. The van der Waals surface area contributed by atoms with Gasteiger partial charge in [-0.1, -0.05) is 18.2 Å². The van der Waals surface area contributed by atoms with Crippen molar-refractivity contribution in [1.82, 2.24) is 4.90 Å². The molecule has 1 fully saturated rings. The van der Waals surface area contributed by atoms with Gasteiger partial charge in [-0.3, -0.25) is 9.59 Å². The second-order valence-electron chi connectivity index (χ2n) is 5.25. The molecule has 0 aliphatic carbocycles. The normalized spacial score (nSPS) is 16.0. The van der Waals surface area contributed by atoms with Crippen LogP contribution in [-0.4, -0.2) is 36.4 Å². The highest BCUT2D eigenvalue weighted by Crippen LogP contribution is 2.22. The van der Waals surface area contributed by atoms with Crippen LogP contribution in [0.1, 0.15) is 18.4 Å². The Balaban J connectivity index is 1.98. The maximum absolute atomic E-state index is 12.3. The molecule has 7 heteroatoms. The molecule has 2 amide bonds. The lowest BCUT2D eigenvalue weighted by Crippen LogP contribution is -2.41. The van der Waals surface area contributed by atoms with E-state index in [1.54, 1.807) is 23.1 Å². The van der Waals surface area contributed by atoms with Gasteiger partial charge in [-0.15, -0.1) is 0 Å². The largest absolute Gasteiger partial charge is 0.434 e. The fraction of sp³-hybridized carbons (Fsp3) is 0.375. The van der Waals surface area contributed by atoms with Crippen molar-refractivity contribution >= 4 is 17.9 Å². The van der Waals surface area contributed by atoms with Gasteiger partial charge < -0.3 is 15.4 Å². The van der Waals surface area contributed by atoms with E-state index in [1.165, 1.54) is 18.2 Å². The van der Waals surface area contributed by atoms with Crippen LogP contribution in [-0.2, 0) is 9.59 Å². The molecule has 1 aromatic rings. The zero-order chi connectivity index (χ0) is 16.8. The third-order valence-corrected chi connectivity index (χ3v) is 3.75. The van der Waals surface area contributed by atoms with Gasteiger partial charge >= 0.3 is 6.61 Å². The predicted octanol–water partition coefficient (Wildman–Crippen LogP) is 2.03. The quantitative estimate of drug-likeness (QED) is 0.842. The number of benzene rings is 1. The number of nitrogens with two attached hydrogens (primary N) is 1. The van der Waals surface area contributed by atoms with Gasteiger partial charge in [-0.25, -0.2) is 0 Å². The molecule has 1 heterocycles. The Labute approximate surface area is 132 Å². The summed E-state index contributed by atoms with van der Waals surface area (Å²) >= 11 is 0. The van der Waals surface area contributed by atoms with Gasteiger partial charge in [0.2, 0.25) is 11.8 Å². The molecule has 23 heavy (non-hydrogen) atoms. The molecule has 0 atom stereocenters. The lowest BCUT2D eigenvalue weighted by atomic mass is 9.96. The standard InChI is InChI=1S/C16H18F2N2O3/c17-16(18)23-13-4-2-1-3-11(13)5-6-14(21)20-9-7-12(8-10-20)15(19)22/h1-6,12,16H,7-10H2,(H2,19,22)/b6-5+. The zero-order valence-corrected chi connectivity index (χ0v) is 12.5. The molecule has 0 aromatic heterocycles. The molecule has 5 nitrogen and oxygen atoms in total. The molecular formula is C16H18F2N2O3. The van der Waals surface area contributed by atoms with Gasteiger partial charge in [0.1, 0.15) is 5.75 Å². The van der Waals surface area contributed by atoms with E-state index in [-0.39, 0.29) is 23.5 Å². The zero-order valence-electron chi connectivity index (χ0n) is 12.5. The molecule has 0 saturated carbocycles. The summed E-state index contributed by atoms with van der Waals surface area (Å²) in [4.78, 5) is 24.8. The van der Waals surface area contributed by atoms with Crippen molar-refractivity contribution in [3.63, 3.8) is 0 Å². The number of nitrogens with zero attached hydrogens (tertiary/aromatic N) is 1. The maximum atomic E-state index is 12.3. The first-order chi connectivity index (χ1) is 11.0. The first-order valence-corrected chi connectivity index (χ1v) is 7.27. The van der Waals surface area contributed by atoms with Crippen molar-refractivity contribution in [2.24, 2.45) is 11.7 Å². The number of ether oxygens (including phenoxy) is 1. The Morgan fingerprint density at radius 1 is 1.26 bits per heavy atom. The molecule has 1 saturated heterocycles. The molecule has 0 unspecified atom stereocenters. The Bertz CT molecular complexity index is 597. The fourth-order valence-corrected chi connectivity index (χ4v) is 2.47. The minimum Gasteiger partial charge on any atom is -0.434 e. The molecular weight excluding hydrogens is 306 g/mol. The summed E-state index contributed by atoms with van der Waals surface area (Å²) < 4.78 is 29.1. The Hall–Kier alpha value is -2.44. The SMILES string of the molecule is NC(=O)C1CCN(C(=O)/C=C/c2ccccc2OC(F)F)CC1. The van der Waals surface area contributed by atoms with E-state index in [0.29, 0.717) is 31.5 Å². The van der Waals surface area contributed by atoms with Gasteiger partial charge in [0, 0.05) is 30.6 Å². The summed E-state index contributed by atoms with van der Waals surface area (Å²) in [5.41, 5.74) is 5.64. The smallest absolute Gasteiger partial charge is 0.387 e. The monoisotopic (exact) mass is 324 g/mol. The molecule has 124 valence electrons. The molecule has 1 aliphatic rings. The second-order valence-corrected chi connectivity index (χ2v) is 5.25. The summed E-state index contributed by atoms with van der Waals surface area (Å²) in [5, 5.41) is 0. The van der Waals surface area contributed by atoms with Crippen LogP contribution in [0.15, 0.2) is 30.3 Å². The third-order valence-electron chi connectivity index (χ3n) is 3.75.